The van der Waals surface area contributed by atoms with E-state index in [1.165, 1.54) is 70.8 Å². The summed E-state index contributed by atoms with van der Waals surface area (Å²) >= 11 is 0. The van der Waals surface area contributed by atoms with Crippen molar-refractivity contribution in [2.75, 3.05) is 0 Å². The van der Waals surface area contributed by atoms with Gasteiger partial charge in [0.1, 0.15) is 0 Å². The topological polar surface area (TPSA) is 4.41 Å². The zero-order chi connectivity index (χ0) is 19.3. The van der Waals surface area contributed by atoms with Gasteiger partial charge in [-0.2, -0.15) is 0 Å². The van der Waals surface area contributed by atoms with Crippen molar-refractivity contribution in [3.8, 4) is 0 Å². The molecule has 29 heavy (non-hydrogen) atoms. The fraction of sp³-hybridized carbons (Fsp3) is 0.0714. The average Bonchev–Trinajstić information content (AvgIpc) is 3.24. The van der Waals surface area contributed by atoms with Gasteiger partial charge < -0.3 is 4.40 Å². The highest BCUT2D eigenvalue weighted by molar-refractivity contribution is 6.30. The molecule has 0 aliphatic rings. The van der Waals surface area contributed by atoms with Gasteiger partial charge in [-0.3, -0.25) is 0 Å². The first-order chi connectivity index (χ1) is 14.2. The summed E-state index contributed by atoms with van der Waals surface area (Å²) in [5.41, 5.74) is 6.62. The lowest BCUT2D eigenvalue weighted by molar-refractivity contribution is 1.37. The molecule has 0 aliphatic heterocycles. The summed E-state index contributed by atoms with van der Waals surface area (Å²) in [5, 5.41) is 10.7. The number of rotatable bonds is 0. The van der Waals surface area contributed by atoms with Crippen molar-refractivity contribution in [3.05, 3.63) is 90.0 Å². The Kier molecular flexibility index (Phi) is 2.68. The molecule has 0 fully saturated rings. The van der Waals surface area contributed by atoms with Gasteiger partial charge in [-0.25, -0.2) is 0 Å². The largest absolute Gasteiger partial charge is 0.308 e. The minimum atomic E-state index is 1.30. The number of benzene rings is 5. The number of hydrogen-bond acceptors (Lipinski definition) is 0. The van der Waals surface area contributed by atoms with Gasteiger partial charge in [0.2, 0.25) is 0 Å². The zero-order valence-corrected chi connectivity index (χ0v) is 16.5. The van der Waals surface area contributed by atoms with Crippen molar-refractivity contribution in [2.24, 2.45) is 0 Å². The van der Waals surface area contributed by atoms with Crippen molar-refractivity contribution in [3.63, 3.8) is 0 Å². The van der Waals surface area contributed by atoms with Crippen molar-refractivity contribution < 1.29 is 0 Å². The first kappa shape index (κ1) is 15.4. The van der Waals surface area contributed by atoms with Crippen molar-refractivity contribution in [2.45, 2.75) is 13.8 Å². The van der Waals surface area contributed by atoms with E-state index in [-0.39, 0.29) is 0 Å². The van der Waals surface area contributed by atoms with Crippen LogP contribution in [0.5, 0.6) is 0 Å². The number of hydrogen-bond donors (Lipinski definition) is 0. The fourth-order valence-corrected chi connectivity index (χ4v) is 5.34. The molecule has 0 N–H and O–H groups in total. The molecule has 0 saturated carbocycles. The van der Waals surface area contributed by atoms with Crippen LogP contribution < -0.4 is 0 Å². The van der Waals surface area contributed by atoms with Crippen LogP contribution in [0.4, 0.5) is 0 Å². The quantitative estimate of drug-likeness (QED) is 0.257. The molecule has 0 amide bonds. The van der Waals surface area contributed by atoms with Crippen LogP contribution in [0, 0.1) is 13.8 Å². The van der Waals surface area contributed by atoms with Gasteiger partial charge in [-0.1, -0.05) is 66.2 Å². The van der Waals surface area contributed by atoms with E-state index >= 15 is 0 Å². The Morgan fingerprint density at radius 2 is 1.41 bits per heavy atom. The lowest BCUT2D eigenvalue weighted by atomic mass is 9.98. The van der Waals surface area contributed by atoms with Gasteiger partial charge in [0.15, 0.2) is 0 Å². The second-order valence-corrected chi connectivity index (χ2v) is 8.39. The van der Waals surface area contributed by atoms with Crippen molar-refractivity contribution in [1.82, 2.24) is 4.40 Å². The van der Waals surface area contributed by atoms with E-state index < -0.39 is 0 Å². The molecule has 5 aromatic carbocycles. The monoisotopic (exact) mass is 369 g/mol. The molecular weight excluding hydrogens is 350 g/mol. The van der Waals surface area contributed by atoms with Gasteiger partial charge in [-0.15, -0.1) is 0 Å². The highest BCUT2D eigenvalue weighted by Crippen LogP contribution is 2.43. The lowest BCUT2D eigenvalue weighted by Crippen LogP contribution is -1.83. The van der Waals surface area contributed by atoms with E-state index in [4.69, 9.17) is 0 Å². The zero-order valence-electron chi connectivity index (χ0n) is 16.5. The maximum absolute atomic E-state index is 2.50. The second-order valence-electron chi connectivity index (χ2n) is 8.39. The smallest absolute Gasteiger partial charge is 0.0623 e. The molecule has 2 heterocycles. The van der Waals surface area contributed by atoms with Crippen molar-refractivity contribution in [1.29, 1.82) is 0 Å². The average molecular weight is 369 g/mol. The number of nitrogens with zero attached hydrogens (tertiary/aromatic N) is 1. The molecule has 0 atom stereocenters. The SMILES string of the molecule is Cc1ccc2cc3c4ccc(C)c5c6c7ccccc7ccc6n(c3cc2c1)c45. The van der Waals surface area contributed by atoms with Crippen LogP contribution in [0.25, 0.3) is 59.6 Å². The standard InChI is InChI=1S/C28H19N/c1-16-7-9-19-14-23-22-11-8-17(2)26-27-21-6-4-3-5-18(21)10-12-24(27)29(28(22)26)25(23)15-20(19)13-16/h3-15H,1-2H3. The molecule has 136 valence electrons. The summed E-state index contributed by atoms with van der Waals surface area (Å²) in [6, 6.07) is 29.4. The van der Waals surface area contributed by atoms with E-state index in [0.717, 1.165) is 0 Å². The first-order valence-electron chi connectivity index (χ1n) is 10.2. The third-order valence-electron chi connectivity index (χ3n) is 6.65. The Morgan fingerprint density at radius 3 is 2.34 bits per heavy atom. The summed E-state index contributed by atoms with van der Waals surface area (Å²) in [7, 11) is 0. The van der Waals surface area contributed by atoms with E-state index in [2.05, 4.69) is 97.1 Å². The highest BCUT2D eigenvalue weighted by Gasteiger charge is 2.20. The highest BCUT2D eigenvalue weighted by atomic mass is 14.9. The molecule has 0 aliphatic carbocycles. The molecule has 0 spiro atoms. The molecule has 7 rings (SSSR count). The molecule has 0 unspecified atom stereocenters. The van der Waals surface area contributed by atoms with E-state index in [0.29, 0.717) is 0 Å². The van der Waals surface area contributed by atoms with Crippen LogP contribution >= 0.6 is 0 Å². The molecule has 0 bridgehead atoms. The van der Waals surface area contributed by atoms with E-state index in [9.17, 15) is 0 Å². The molecule has 1 nitrogen and oxygen atoms in total. The van der Waals surface area contributed by atoms with Crippen LogP contribution in [-0.4, -0.2) is 4.40 Å². The minimum Gasteiger partial charge on any atom is -0.308 e. The van der Waals surface area contributed by atoms with Crippen LogP contribution in [0.15, 0.2) is 78.9 Å². The maximum Gasteiger partial charge on any atom is 0.0623 e. The molecule has 0 radical (unpaired) electrons. The number of aryl methyl sites for hydroxylation is 2. The lowest BCUT2D eigenvalue weighted by Gasteiger charge is -2.05. The molecule has 7 aromatic rings. The molecular formula is C28H19N. The minimum absolute atomic E-state index is 1.30. The van der Waals surface area contributed by atoms with Crippen LogP contribution in [-0.2, 0) is 0 Å². The molecule has 0 saturated heterocycles. The molecule has 1 heteroatoms. The summed E-state index contributed by atoms with van der Waals surface area (Å²) in [4.78, 5) is 0. The Labute approximate surface area is 168 Å². The summed E-state index contributed by atoms with van der Waals surface area (Å²) in [6.07, 6.45) is 0. The Bertz CT molecular complexity index is 1760. The predicted octanol–water partition coefficient (Wildman–Crippen LogP) is 7.76. The van der Waals surface area contributed by atoms with Gasteiger partial charge >= 0.3 is 0 Å². The second kappa shape index (κ2) is 5.07. The van der Waals surface area contributed by atoms with Crippen LogP contribution in [0.2, 0.25) is 0 Å². The third-order valence-corrected chi connectivity index (χ3v) is 6.65. The fourth-order valence-electron chi connectivity index (χ4n) is 5.34. The summed E-state index contributed by atoms with van der Waals surface area (Å²) < 4.78 is 2.50. The Morgan fingerprint density at radius 1 is 0.552 bits per heavy atom. The Balaban J connectivity index is 1.85. The Hall–Kier alpha value is -3.58. The van der Waals surface area contributed by atoms with Crippen LogP contribution in [0.1, 0.15) is 11.1 Å². The predicted molar refractivity (Wildman–Crippen MR) is 126 cm³/mol. The van der Waals surface area contributed by atoms with E-state index in [1.807, 2.05) is 0 Å². The van der Waals surface area contributed by atoms with Gasteiger partial charge in [0.05, 0.1) is 16.6 Å². The third kappa shape index (κ3) is 1.81. The van der Waals surface area contributed by atoms with Crippen molar-refractivity contribution >= 4 is 59.6 Å². The van der Waals surface area contributed by atoms with E-state index in [1.54, 1.807) is 0 Å². The summed E-state index contributed by atoms with van der Waals surface area (Å²) in [5.74, 6) is 0. The van der Waals surface area contributed by atoms with Gasteiger partial charge in [0, 0.05) is 21.5 Å². The number of aromatic nitrogens is 1. The van der Waals surface area contributed by atoms with Gasteiger partial charge in [0.25, 0.3) is 0 Å². The normalized spacial score (nSPS) is 12.5. The summed E-state index contributed by atoms with van der Waals surface area (Å²) in [6.45, 7) is 4.41. The van der Waals surface area contributed by atoms with Gasteiger partial charge in [-0.05, 0) is 59.2 Å². The maximum atomic E-state index is 2.50. The first-order valence-corrected chi connectivity index (χ1v) is 10.2. The van der Waals surface area contributed by atoms with Crippen LogP contribution in [0.3, 0.4) is 0 Å². The molecule has 2 aromatic heterocycles. The number of fused-ring (bicyclic) bond motifs is 9.